The van der Waals surface area contributed by atoms with E-state index >= 15 is 0 Å². The zero-order valence-corrected chi connectivity index (χ0v) is 37.8. The summed E-state index contributed by atoms with van der Waals surface area (Å²) in [6.07, 6.45) is 1.26. The Labute approximate surface area is 365 Å². The summed E-state index contributed by atoms with van der Waals surface area (Å²) in [5.41, 5.74) is 10.9. The highest BCUT2D eigenvalue weighted by Crippen LogP contribution is 2.39. The lowest BCUT2D eigenvalue weighted by molar-refractivity contribution is -0.142. The second kappa shape index (κ2) is 16.6. The summed E-state index contributed by atoms with van der Waals surface area (Å²) in [6.45, 7) is 18.5. The predicted molar refractivity (Wildman–Crippen MR) is 244 cm³/mol. The fraction of sp³-hybridized carbons (Fsp3) is 0.354. The van der Waals surface area contributed by atoms with Crippen molar-refractivity contribution in [2.75, 3.05) is 6.54 Å². The third kappa shape index (κ3) is 8.08. The lowest BCUT2D eigenvalue weighted by Gasteiger charge is -2.35. The van der Waals surface area contributed by atoms with E-state index < -0.39 is 17.5 Å². The summed E-state index contributed by atoms with van der Waals surface area (Å²) in [4.78, 5) is 55.5. The van der Waals surface area contributed by atoms with E-state index in [1.54, 1.807) is 39.7 Å². The fourth-order valence-electron chi connectivity index (χ4n) is 8.37. The summed E-state index contributed by atoms with van der Waals surface area (Å²) in [6, 6.07) is 22.0. The Morgan fingerprint density at radius 3 is 2.26 bits per heavy atom. The predicted octanol–water partition coefficient (Wildman–Crippen LogP) is 9.28. The van der Waals surface area contributed by atoms with Crippen LogP contribution < -0.4 is 10.6 Å². The number of benzene rings is 3. The molecule has 0 bridgehead atoms. The van der Waals surface area contributed by atoms with Gasteiger partial charge in [-0.2, -0.15) is 0 Å². The first-order valence-corrected chi connectivity index (χ1v) is 22.5. The Kier molecular flexibility index (Phi) is 11.4. The normalized spacial score (nSPS) is 17.2. The van der Waals surface area contributed by atoms with E-state index in [0.717, 1.165) is 66.3 Å². The first-order valence-electron chi connectivity index (χ1n) is 20.8. The number of thiophene rings is 1. The number of nitrogens with zero attached hydrogens (tertiary/aromatic N) is 6. The second-order valence-electron chi connectivity index (χ2n) is 17.3. The Morgan fingerprint density at radius 1 is 0.869 bits per heavy atom. The average molecular weight is 853 g/mol. The van der Waals surface area contributed by atoms with Crippen LogP contribution in [0, 0.1) is 33.1 Å². The van der Waals surface area contributed by atoms with Crippen molar-refractivity contribution in [3.63, 3.8) is 0 Å². The van der Waals surface area contributed by atoms with Gasteiger partial charge in [-0.1, -0.05) is 75.4 Å². The molecule has 3 aromatic heterocycles. The van der Waals surface area contributed by atoms with Crippen LogP contribution in [-0.2, 0) is 9.59 Å². The third-order valence-electron chi connectivity index (χ3n) is 12.0. The van der Waals surface area contributed by atoms with Gasteiger partial charge in [-0.25, -0.2) is 4.98 Å². The number of aryl methyl sites for hydroxylation is 3. The smallest absolute Gasteiger partial charge is 0.251 e. The van der Waals surface area contributed by atoms with Crippen LogP contribution in [-0.4, -0.2) is 66.7 Å². The topological polar surface area (TPSA) is 134 Å². The molecule has 6 aromatic rings. The number of carbonyl (C=O) groups excluding carboxylic acids is 3. The van der Waals surface area contributed by atoms with E-state index in [1.807, 2.05) is 77.4 Å². The molecule has 3 amide bonds. The van der Waals surface area contributed by atoms with Crippen molar-refractivity contribution in [2.45, 2.75) is 99.3 Å². The van der Waals surface area contributed by atoms with Gasteiger partial charge < -0.3 is 15.5 Å². The molecule has 0 saturated carbocycles. The van der Waals surface area contributed by atoms with Crippen LogP contribution in [0.25, 0.3) is 26.6 Å². The number of fused-ring (bicyclic) bond motifs is 3. The molecule has 314 valence electrons. The summed E-state index contributed by atoms with van der Waals surface area (Å²) >= 11 is 3.34. The molecule has 2 aliphatic rings. The number of amides is 3. The number of hydrogen-bond donors (Lipinski definition) is 2. The molecule has 4 atom stereocenters. The van der Waals surface area contributed by atoms with Gasteiger partial charge in [0.25, 0.3) is 5.91 Å². The number of carbonyl (C=O) groups is 3. The lowest BCUT2D eigenvalue weighted by atomic mass is 9.85. The quantitative estimate of drug-likeness (QED) is 0.149. The van der Waals surface area contributed by atoms with Crippen molar-refractivity contribution in [3.8, 4) is 26.6 Å². The average Bonchev–Trinajstić information content (AvgIpc) is 4.04. The zero-order valence-electron chi connectivity index (χ0n) is 36.2. The minimum Gasteiger partial charge on any atom is -0.348 e. The number of nitrogens with one attached hydrogen (secondary N) is 2. The number of aliphatic imine (C=N–C) groups is 1. The molecule has 1 saturated heterocycles. The standard InChI is InChI=1S/C48H52N8O3S2/c1-26-30(5)61-47-39(26)40(50-29(4)43-54-53-31(6)56(43)47)37-13-10-12-36(24-37)33-17-21-35(22-18-33)44(57)52-42(48(7,8)9)46(59)55-23-11-14-38(55)45(58)51-27(2)32-15-19-34(20-16-32)41-28(3)49-25-60-41/h10,12-13,15-22,24-25,27,29,38,42H,11,14,23H2,1-9H3,(H,51,58)(H,52,57)/t27?,29-,38-,42?/m0/s1. The highest BCUT2D eigenvalue weighted by Gasteiger charge is 2.42. The molecule has 11 nitrogen and oxygen atoms in total. The van der Waals surface area contributed by atoms with Crippen LogP contribution in [0.1, 0.15) is 114 Å². The van der Waals surface area contributed by atoms with E-state index in [1.165, 1.54) is 10.4 Å². The van der Waals surface area contributed by atoms with Gasteiger partial charge in [0.15, 0.2) is 5.82 Å². The molecule has 0 radical (unpaired) electrons. The van der Waals surface area contributed by atoms with Crippen LogP contribution in [0.3, 0.4) is 0 Å². The second-order valence-corrected chi connectivity index (χ2v) is 19.4. The van der Waals surface area contributed by atoms with Gasteiger partial charge in [-0.15, -0.1) is 32.9 Å². The van der Waals surface area contributed by atoms with Crippen molar-refractivity contribution in [2.24, 2.45) is 10.4 Å². The Morgan fingerprint density at radius 2 is 1.57 bits per heavy atom. The highest BCUT2D eigenvalue weighted by molar-refractivity contribution is 7.15. The van der Waals surface area contributed by atoms with E-state index in [0.29, 0.717) is 24.9 Å². The maximum Gasteiger partial charge on any atom is 0.251 e. The zero-order chi connectivity index (χ0) is 43.3. The van der Waals surface area contributed by atoms with Crippen LogP contribution >= 0.6 is 22.7 Å². The SMILES string of the molecule is Cc1ncsc1-c1ccc(C(C)NC(=O)[C@@H]2CCCN2C(=O)C(NC(=O)c2ccc(-c3cccc(C4=N[C@@H](C)c5nnc(C)n5-c5sc(C)c(C)c54)c3)cc2)C(C)(C)C)cc1. The Bertz CT molecular complexity index is 2670. The van der Waals surface area contributed by atoms with Crippen LogP contribution in [0.2, 0.25) is 0 Å². The van der Waals surface area contributed by atoms with Gasteiger partial charge in [0, 0.05) is 28.1 Å². The van der Waals surface area contributed by atoms with E-state index in [2.05, 4.69) is 81.5 Å². The van der Waals surface area contributed by atoms with Crippen LogP contribution in [0.5, 0.6) is 0 Å². The summed E-state index contributed by atoms with van der Waals surface area (Å²) < 4.78 is 2.14. The van der Waals surface area contributed by atoms with Crippen LogP contribution in [0.15, 0.2) is 83.3 Å². The van der Waals surface area contributed by atoms with E-state index in [-0.39, 0.29) is 29.8 Å². The molecule has 0 spiro atoms. The molecule has 3 aromatic carbocycles. The fourth-order valence-corrected chi connectivity index (χ4v) is 10.4. The van der Waals surface area contributed by atoms with Crippen molar-refractivity contribution < 1.29 is 14.4 Å². The minimum absolute atomic E-state index is 0.188. The molecule has 2 aliphatic heterocycles. The summed E-state index contributed by atoms with van der Waals surface area (Å²) in [7, 11) is 0. The minimum atomic E-state index is -0.848. The number of aromatic nitrogens is 4. The first kappa shape index (κ1) is 41.9. The first-order chi connectivity index (χ1) is 29.1. The molecule has 2 N–H and O–H groups in total. The van der Waals surface area contributed by atoms with Crippen LogP contribution in [0.4, 0.5) is 0 Å². The molecule has 5 heterocycles. The maximum absolute atomic E-state index is 14.3. The Balaban J connectivity index is 0.961. The highest BCUT2D eigenvalue weighted by atomic mass is 32.1. The van der Waals surface area contributed by atoms with Crippen molar-refractivity contribution in [1.82, 2.24) is 35.3 Å². The molecule has 0 aliphatic carbocycles. The molecule has 61 heavy (non-hydrogen) atoms. The number of likely N-dealkylation sites (tertiary alicyclic amines) is 1. The third-order valence-corrected chi connectivity index (χ3v) is 14.1. The number of rotatable bonds is 9. The number of hydrogen-bond acceptors (Lipinski definition) is 9. The molecule has 2 unspecified atom stereocenters. The van der Waals surface area contributed by atoms with Crippen molar-refractivity contribution in [1.29, 1.82) is 0 Å². The summed E-state index contributed by atoms with van der Waals surface area (Å²) in [5, 5.41) is 16.2. The molecular weight excluding hydrogens is 801 g/mol. The monoisotopic (exact) mass is 852 g/mol. The maximum atomic E-state index is 14.3. The van der Waals surface area contributed by atoms with Gasteiger partial charge in [0.05, 0.1) is 27.8 Å². The van der Waals surface area contributed by atoms with Gasteiger partial charge in [0.2, 0.25) is 11.8 Å². The number of thiazole rings is 1. The largest absolute Gasteiger partial charge is 0.348 e. The van der Waals surface area contributed by atoms with Crippen molar-refractivity contribution >= 4 is 46.1 Å². The van der Waals surface area contributed by atoms with Crippen molar-refractivity contribution in [3.05, 3.63) is 128 Å². The van der Waals surface area contributed by atoms with E-state index in [4.69, 9.17) is 4.99 Å². The molecule has 8 rings (SSSR count). The van der Waals surface area contributed by atoms with Gasteiger partial charge in [-0.3, -0.25) is 23.9 Å². The Hall–Kier alpha value is -5.79. The van der Waals surface area contributed by atoms with Gasteiger partial charge >= 0.3 is 0 Å². The van der Waals surface area contributed by atoms with Gasteiger partial charge in [-0.05, 0) is 106 Å². The van der Waals surface area contributed by atoms with E-state index in [9.17, 15) is 14.4 Å². The lowest BCUT2D eigenvalue weighted by Crippen LogP contribution is -2.57. The van der Waals surface area contributed by atoms with Gasteiger partial charge in [0.1, 0.15) is 29.0 Å². The molecular formula is C48H52N8O3S2. The molecule has 1 fully saturated rings. The summed E-state index contributed by atoms with van der Waals surface area (Å²) in [5.74, 6) is 0.867. The molecule has 13 heteroatoms.